The molecule has 1 aliphatic rings. The van der Waals surface area contributed by atoms with E-state index in [1.165, 1.54) is 18.0 Å². The Kier molecular flexibility index (Phi) is 7.25. The van der Waals surface area contributed by atoms with Crippen LogP contribution < -0.4 is 10.6 Å². The smallest absolute Gasteiger partial charge is 0.338 e. The molecule has 2 N–H and O–H groups in total. The van der Waals surface area contributed by atoms with Gasteiger partial charge in [0.25, 0.3) is 0 Å². The summed E-state index contributed by atoms with van der Waals surface area (Å²) in [5.41, 5.74) is 2.97. The lowest BCUT2D eigenvalue weighted by Gasteiger charge is -2.27. The summed E-state index contributed by atoms with van der Waals surface area (Å²) < 4.78 is 12.9. The second-order valence-electron chi connectivity index (χ2n) is 7.02. The molecular formula is C21H28N4O4S. The Morgan fingerprint density at radius 2 is 2.17 bits per heavy atom. The molecule has 0 bridgehead atoms. The lowest BCUT2D eigenvalue weighted by atomic mass is 10.0. The molecule has 2 amide bonds. The zero-order valence-electron chi connectivity index (χ0n) is 17.8. The number of urea groups is 1. The Labute approximate surface area is 180 Å². The van der Waals surface area contributed by atoms with E-state index in [1.807, 2.05) is 6.92 Å². The Bertz CT molecular complexity index is 933. The normalized spacial score (nSPS) is 16.4. The molecule has 30 heavy (non-hydrogen) atoms. The third kappa shape index (κ3) is 4.72. The van der Waals surface area contributed by atoms with Crippen LogP contribution in [0.5, 0.6) is 0 Å². The third-order valence-electron chi connectivity index (χ3n) is 4.98. The number of thioether (sulfide) groups is 1. The fourth-order valence-electron chi connectivity index (χ4n) is 3.30. The van der Waals surface area contributed by atoms with Crippen molar-refractivity contribution < 1.29 is 18.7 Å². The fraction of sp³-hybridized carbons (Fsp3) is 0.476. The maximum absolute atomic E-state index is 12.8. The number of hydrogen-bond acceptors (Lipinski definition) is 6. The van der Waals surface area contributed by atoms with Crippen LogP contribution in [0.15, 0.2) is 39.2 Å². The van der Waals surface area contributed by atoms with Gasteiger partial charge in [-0.1, -0.05) is 25.1 Å². The number of unbranched alkanes of at least 4 members (excludes halogenated alkanes) is 1. The van der Waals surface area contributed by atoms with Crippen molar-refractivity contribution in [2.75, 3.05) is 12.4 Å². The molecule has 0 saturated heterocycles. The Morgan fingerprint density at radius 1 is 1.37 bits per heavy atom. The van der Waals surface area contributed by atoms with Crippen molar-refractivity contribution >= 4 is 23.8 Å². The van der Waals surface area contributed by atoms with Gasteiger partial charge in [0, 0.05) is 23.7 Å². The summed E-state index contributed by atoms with van der Waals surface area (Å²) in [6.07, 6.45) is 3.66. The maximum Gasteiger partial charge on any atom is 0.338 e. The molecule has 2 aromatic heterocycles. The number of aryl methyl sites for hydroxylation is 1. The highest BCUT2D eigenvalue weighted by Crippen LogP contribution is 2.31. The zero-order valence-corrected chi connectivity index (χ0v) is 18.6. The van der Waals surface area contributed by atoms with Gasteiger partial charge in [-0.05, 0) is 39.3 Å². The van der Waals surface area contributed by atoms with Crippen molar-refractivity contribution in [1.82, 2.24) is 20.2 Å². The molecule has 0 fully saturated rings. The number of furan rings is 1. The molecule has 162 valence electrons. The molecule has 3 heterocycles. The van der Waals surface area contributed by atoms with Crippen LogP contribution in [0.1, 0.15) is 49.9 Å². The number of carbonyl (C=O) groups is 2. The van der Waals surface area contributed by atoms with Crippen molar-refractivity contribution in [3.8, 4) is 0 Å². The first-order valence-electron chi connectivity index (χ1n) is 10.1. The van der Waals surface area contributed by atoms with Crippen molar-refractivity contribution in [1.29, 1.82) is 0 Å². The van der Waals surface area contributed by atoms with E-state index >= 15 is 0 Å². The minimum atomic E-state index is -0.702. The number of aromatic nitrogens is 2. The van der Waals surface area contributed by atoms with Gasteiger partial charge in [0.15, 0.2) is 5.16 Å². The van der Waals surface area contributed by atoms with Gasteiger partial charge in [0.05, 0.1) is 24.1 Å². The summed E-state index contributed by atoms with van der Waals surface area (Å²) in [5, 5.41) is 6.41. The van der Waals surface area contributed by atoms with Gasteiger partial charge in [0.1, 0.15) is 11.8 Å². The van der Waals surface area contributed by atoms with Crippen LogP contribution in [-0.2, 0) is 16.1 Å². The summed E-state index contributed by atoms with van der Waals surface area (Å²) in [4.78, 5) is 29.7. The van der Waals surface area contributed by atoms with Crippen LogP contribution in [0.3, 0.4) is 0 Å². The van der Waals surface area contributed by atoms with E-state index in [-0.39, 0.29) is 12.6 Å². The predicted molar refractivity (Wildman–Crippen MR) is 114 cm³/mol. The van der Waals surface area contributed by atoms with Gasteiger partial charge in [-0.3, -0.25) is 0 Å². The molecule has 0 spiro atoms. The van der Waals surface area contributed by atoms with Gasteiger partial charge in [-0.25, -0.2) is 14.6 Å². The number of rotatable bonds is 9. The van der Waals surface area contributed by atoms with Gasteiger partial charge >= 0.3 is 12.0 Å². The minimum absolute atomic E-state index is 0.237. The van der Waals surface area contributed by atoms with Crippen molar-refractivity contribution in [3.05, 3.63) is 46.8 Å². The molecule has 1 aliphatic heterocycles. The van der Waals surface area contributed by atoms with Crippen molar-refractivity contribution in [2.24, 2.45) is 0 Å². The second-order valence-corrected chi connectivity index (χ2v) is 7.96. The number of ether oxygens (including phenoxy) is 1. The molecule has 8 nitrogen and oxygen atoms in total. The van der Waals surface area contributed by atoms with E-state index in [9.17, 15) is 9.59 Å². The van der Waals surface area contributed by atoms with Crippen molar-refractivity contribution in [2.45, 2.75) is 58.3 Å². The second kappa shape index (κ2) is 9.88. The standard InChI is InChI=1S/C21H28N4O4S/c1-5-7-10-25-14(4)13(3)22-21(25)30-12-15-17(19(26)28-6-2)18(24-20(27)23-15)16-9-8-11-29-16/h8-9,11,18H,5-7,10,12H2,1-4H3,(H2,23,24,27). The Balaban J connectivity index is 1.92. The number of esters is 1. The van der Waals surface area contributed by atoms with E-state index in [2.05, 4.69) is 34.0 Å². The summed E-state index contributed by atoms with van der Waals surface area (Å²) >= 11 is 1.49. The molecule has 9 heteroatoms. The molecule has 1 unspecified atom stereocenters. The van der Waals surface area contributed by atoms with Gasteiger partial charge < -0.3 is 24.4 Å². The minimum Gasteiger partial charge on any atom is -0.467 e. The third-order valence-corrected chi connectivity index (χ3v) is 5.98. The first-order valence-corrected chi connectivity index (χ1v) is 11.1. The quantitative estimate of drug-likeness (QED) is 0.461. The first-order chi connectivity index (χ1) is 14.5. The number of carbonyl (C=O) groups excluding carboxylic acids is 2. The van der Waals surface area contributed by atoms with Crippen LogP contribution in [0.4, 0.5) is 4.79 Å². The van der Waals surface area contributed by atoms with E-state index in [0.29, 0.717) is 22.8 Å². The van der Waals surface area contributed by atoms with Crippen LogP contribution in [-0.4, -0.2) is 33.9 Å². The number of imidazole rings is 1. The molecule has 3 rings (SSSR count). The Morgan fingerprint density at radius 3 is 2.83 bits per heavy atom. The number of nitrogens with zero attached hydrogens (tertiary/aromatic N) is 2. The highest BCUT2D eigenvalue weighted by Gasteiger charge is 2.35. The number of nitrogens with one attached hydrogen (secondary N) is 2. The number of amides is 2. The summed E-state index contributed by atoms with van der Waals surface area (Å²) in [6.45, 7) is 9.08. The average molecular weight is 433 g/mol. The van der Waals surface area contributed by atoms with E-state index in [4.69, 9.17) is 9.15 Å². The zero-order chi connectivity index (χ0) is 21.7. The highest BCUT2D eigenvalue weighted by atomic mass is 32.2. The maximum atomic E-state index is 12.8. The van der Waals surface area contributed by atoms with Crippen LogP contribution >= 0.6 is 11.8 Å². The SMILES string of the molecule is CCCCn1c(SCC2=C(C(=O)OCC)C(c3ccco3)NC(=O)N2)nc(C)c1C. The predicted octanol–water partition coefficient (Wildman–Crippen LogP) is 3.86. The topological polar surface area (TPSA) is 98.4 Å². The molecule has 2 aromatic rings. The average Bonchev–Trinajstić information content (AvgIpc) is 3.34. The van der Waals surface area contributed by atoms with E-state index in [0.717, 1.165) is 35.9 Å². The summed E-state index contributed by atoms with van der Waals surface area (Å²) in [6, 6.07) is 2.36. The van der Waals surface area contributed by atoms with Crippen LogP contribution in [0.25, 0.3) is 0 Å². The van der Waals surface area contributed by atoms with E-state index in [1.54, 1.807) is 19.1 Å². The molecule has 0 saturated carbocycles. The van der Waals surface area contributed by atoms with Crippen LogP contribution in [0.2, 0.25) is 0 Å². The van der Waals surface area contributed by atoms with E-state index < -0.39 is 12.0 Å². The van der Waals surface area contributed by atoms with Gasteiger partial charge in [0.2, 0.25) is 0 Å². The monoisotopic (exact) mass is 432 g/mol. The van der Waals surface area contributed by atoms with Gasteiger partial charge in [-0.2, -0.15) is 0 Å². The van der Waals surface area contributed by atoms with Crippen LogP contribution in [0, 0.1) is 13.8 Å². The first kappa shape index (κ1) is 22.0. The Hall–Kier alpha value is -2.68. The number of hydrogen-bond donors (Lipinski definition) is 2. The van der Waals surface area contributed by atoms with Crippen molar-refractivity contribution in [3.63, 3.8) is 0 Å². The van der Waals surface area contributed by atoms with Gasteiger partial charge in [-0.15, -0.1) is 0 Å². The molecule has 0 aliphatic carbocycles. The molecule has 0 radical (unpaired) electrons. The summed E-state index contributed by atoms with van der Waals surface area (Å²) in [7, 11) is 0. The highest BCUT2D eigenvalue weighted by molar-refractivity contribution is 7.99. The summed E-state index contributed by atoms with van der Waals surface area (Å²) in [5.74, 6) is 0.371. The lowest BCUT2D eigenvalue weighted by molar-refractivity contribution is -0.139. The molecular weight excluding hydrogens is 404 g/mol. The molecule has 0 aromatic carbocycles. The largest absolute Gasteiger partial charge is 0.467 e. The molecule has 1 atom stereocenters. The lowest BCUT2D eigenvalue weighted by Crippen LogP contribution is -2.46. The fourth-order valence-corrected chi connectivity index (χ4v) is 4.39.